The van der Waals surface area contributed by atoms with Gasteiger partial charge in [-0.1, -0.05) is 29.8 Å². The number of aliphatic carboxylic acids is 1. The highest BCUT2D eigenvalue weighted by Crippen LogP contribution is 2.30. The Balaban J connectivity index is 1.59. The first-order valence-electron chi connectivity index (χ1n) is 9.61. The van der Waals surface area contributed by atoms with Crippen LogP contribution in [0.5, 0.6) is 11.6 Å². The molecule has 1 atom stereocenters. The van der Waals surface area contributed by atoms with E-state index in [0.717, 1.165) is 11.1 Å². The molecule has 4 aromatic rings. The van der Waals surface area contributed by atoms with Gasteiger partial charge in [0.2, 0.25) is 11.8 Å². The van der Waals surface area contributed by atoms with Crippen LogP contribution in [0.4, 0.5) is 10.3 Å². The van der Waals surface area contributed by atoms with Crippen LogP contribution in [0.1, 0.15) is 11.1 Å². The van der Waals surface area contributed by atoms with Gasteiger partial charge in [0.1, 0.15) is 23.3 Å². The van der Waals surface area contributed by atoms with Gasteiger partial charge in [-0.15, -0.1) is 0 Å². The van der Waals surface area contributed by atoms with E-state index in [1.165, 1.54) is 12.1 Å². The molecule has 0 aliphatic heterocycles. The van der Waals surface area contributed by atoms with Crippen LogP contribution in [0.3, 0.4) is 0 Å². The van der Waals surface area contributed by atoms with Gasteiger partial charge in [-0.2, -0.15) is 9.97 Å². The Hall–Kier alpha value is -3.69. The summed E-state index contributed by atoms with van der Waals surface area (Å²) < 4.78 is 21.1. The number of ether oxygens (including phenoxy) is 1. The van der Waals surface area contributed by atoms with E-state index in [0.29, 0.717) is 28.4 Å². The van der Waals surface area contributed by atoms with E-state index < -0.39 is 17.8 Å². The summed E-state index contributed by atoms with van der Waals surface area (Å²) in [5.41, 5.74) is 13.5. The van der Waals surface area contributed by atoms with Crippen LogP contribution < -0.4 is 16.2 Å². The predicted molar refractivity (Wildman–Crippen MR) is 118 cm³/mol. The molecule has 0 radical (unpaired) electrons. The Morgan fingerprint density at radius 2 is 1.94 bits per heavy atom. The fraction of sp³-hybridized carbons (Fsp3) is 0.136. The number of nitrogens with zero attached hydrogens (tertiary/aromatic N) is 3. The topological polar surface area (TPSA) is 129 Å². The van der Waals surface area contributed by atoms with Crippen molar-refractivity contribution in [3.8, 4) is 11.6 Å². The molecule has 0 spiro atoms. The second kappa shape index (κ2) is 8.81. The summed E-state index contributed by atoms with van der Waals surface area (Å²) in [5.74, 6) is -0.676. The minimum atomic E-state index is -1.06. The van der Waals surface area contributed by atoms with Crippen LogP contribution in [0.2, 0.25) is 5.02 Å². The normalized spacial score (nSPS) is 12.1. The van der Waals surface area contributed by atoms with Gasteiger partial charge in [0.05, 0.1) is 11.9 Å². The van der Waals surface area contributed by atoms with Gasteiger partial charge in [0, 0.05) is 11.2 Å². The van der Waals surface area contributed by atoms with Crippen molar-refractivity contribution in [2.45, 2.75) is 19.0 Å². The third-order valence-electron chi connectivity index (χ3n) is 4.87. The van der Waals surface area contributed by atoms with Crippen molar-refractivity contribution < 1.29 is 19.0 Å². The first kappa shape index (κ1) is 21.5. The third kappa shape index (κ3) is 4.63. The molecule has 5 N–H and O–H groups in total. The molecule has 0 fully saturated rings. The molecule has 1 unspecified atom stereocenters. The number of carbonyl (C=O) groups is 1. The number of carboxylic acid groups (broad SMARTS) is 1. The lowest BCUT2D eigenvalue weighted by Gasteiger charge is -2.10. The van der Waals surface area contributed by atoms with Crippen LogP contribution >= 0.6 is 11.6 Å². The van der Waals surface area contributed by atoms with Crippen molar-refractivity contribution in [2.24, 2.45) is 5.73 Å². The quantitative estimate of drug-likeness (QED) is 0.388. The summed E-state index contributed by atoms with van der Waals surface area (Å²) in [6.07, 6.45) is 2.00. The first-order chi connectivity index (χ1) is 15.3. The summed E-state index contributed by atoms with van der Waals surface area (Å²) in [4.78, 5) is 19.4. The molecule has 164 valence electrons. The highest BCUT2D eigenvalue weighted by atomic mass is 35.5. The molecule has 0 aliphatic rings. The lowest BCUT2D eigenvalue weighted by molar-refractivity contribution is -0.138. The molecule has 0 saturated carbocycles. The number of carboxylic acids is 1. The minimum absolute atomic E-state index is 0.0294. The molecule has 2 heterocycles. The molecule has 10 heteroatoms. The van der Waals surface area contributed by atoms with E-state index in [-0.39, 0.29) is 18.2 Å². The molecule has 2 aromatic heterocycles. The summed E-state index contributed by atoms with van der Waals surface area (Å²) in [7, 11) is 0. The summed E-state index contributed by atoms with van der Waals surface area (Å²) in [5, 5.41) is 9.89. The number of nitrogen functional groups attached to an aromatic ring is 1. The van der Waals surface area contributed by atoms with E-state index in [9.17, 15) is 9.18 Å². The maximum absolute atomic E-state index is 13.3. The maximum Gasteiger partial charge on any atom is 0.320 e. The standard InChI is InChI=1S/C22H19ClFN5O3/c23-17-10-14(24)4-3-13(17)11-29-8-7-16-19(29)27-22(26)28-20(16)32-15-5-1-12(2-6-15)9-18(25)21(30)31/h1-8,10,18H,9,11,25H2,(H,30,31)(H2,26,27,28). The van der Waals surface area contributed by atoms with E-state index in [1.54, 1.807) is 42.6 Å². The lowest BCUT2D eigenvalue weighted by Crippen LogP contribution is -2.32. The highest BCUT2D eigenvalue weighted by molar-refractivity contribution is 6.31. The summed E-state index contributed by atoms with van der Waals surface area (Å²) >= 11 is 6.15. The number of anilines is 1. The molecule has 0 bridgehead atoms. The summed E-state index contributed by atoms with van der Waals surface area (Å²) in [6, 6.07) is 11.9. The van der Waals surface area contributed by atoms with Gasteiger partial charge in [0.15, 0.2) is 0 Å². The maximum atomic E-state index is 13.3. The van der Waals surface area contributed by atoms with Gasteiger partial charge in [-0.25, -0.2) is 4.39 Å². The minimum Gasteiger partial charge on any atom is -0.480 e. The fourth-order valence-electron chi connectivity index (χ4n) is 3.24. The summed E-state index contributed by atoms with van der Waals surface area (Å²) in [6.45, 7) is 0.358. The Morgan fingerprint density at radius 3 is 2.62 bits per heavy atom. The number of rotatable bonds is 7. The second-order valence-electron chi connectivity index (χ2n) is 7.20. The van der Waals surface area contributed by atoms with Crippen LogP contribution in [0.15, 0.2) is 54.7 Å². The van der Waals surface area contributed by atoms with Crippen molar-refractivity contribution in [3.05, 3.63) is 76.7 Å². The number of benzene rings is 2. The smallest absolute Gasteiger partial charge is 0.320 e. The average Bonchev–Trinajstić information content (AvgIpc) is 3.14. The van der Waals surface area contributed by atoms with Gasteiger partial charge >= 0.3 is 5.97 Å². The SMILES string of the molecule is Nc1nc(Oc2ccc(CC(N)C(=O)O)cc2)c2ccn(Cc3ccc(F)cc3Cl)c2n1. The van der Waals surface area contributed by atoms with Gasteiger partial charge in [-0.05, 0) is 47.9 Å². The van der Waals surface area contributed by atoms with E-state index in [4.69, 9.17) is 32.9 Å². The number of halogens is 2. The van der Waals surface area contributed by atoms with Crippen LogP contribution in [-0.2, 0) is 17.8 Å². The van der Waals surface area contributed by atoms with Crippen molar-refractivity contribution in [1.82, 2.24) is 14.5 Å². The molecule has 32 heavy (non-hydrogen) atoms. The highest BCUT2D eigenvalue weighted by Gasteiger charge is 2.15. The van der Waals surface area contributed by atoms with Gasteiger partial charge < -0.3 is 25.9 Å². The molecule has 4 rings (SSSR count). The molecular formula is C22H19ClFN5O3. The van der Waals surface area contributed by atoms with Crippen molar-refractivity contribution >= 4 is 34.6 Å². The van der Waals surface area contributed by atoms with E-state index >= 15 is 0 Å². The van der Waals surface area contributed by atoms with E-state index in [2.05, 4.69) is 9.97 Å². The Morgan fingerprint density at radius 1 is 1.19 bits per heavy atom. The zero-order valence-corrected chi connectivity index (χ0v) is 17.5. The van der Waals surface area contributed by atoms with Crippen molar-refractivity contribution in [3.63, 3.8) is 0 Å². The Bertz CT molecular complexity index is 1290. The number of hydrogen-bond acceptors (Lipinski definition) is 6. The first-order valence-corrected chi connectivity index (χ1v) is 9.99. The van der Waals surface area contributed by atoms with Gasteiger partial charge in [-0.3, -0.25) is 4.79 Å². The Kier molecular flexibility index (Phi) is 5.93. The Labute approximate surface area is 187 Å². The van der Waals surface area contributed by atoms with Crippen LogP contribution in [0, 0.1) is 5.82 Å². The molecular weight excluding hydrogens is 437 g/mol. The lowest BCUT2D eigenvalue weighted by atomic mass is 10.1. The molecule has 8 nitrogen and oxygen atoms in total. The van der Waals surface area contributed by atoms with Crippen molar-refractivity contribution in [2.75, 3.05) is 5.73 Å². The number of fused-ring (bicyclic) bond motifs is 1. The van der Waals surface area contributed by atoms with E-state index in [1.807, 2.05) is 4.57 Å². The number of hydrogen-bond donors (Lipinski definition) is 3. The molecule has 0 aliphatic carbocycles. The predicted octanol–water partition coefficient (Wildman–Crippen LogP) is 3.60. The average molecular weight is 456 g/mol. The zero-order valence-electron chi connectivity index (χ0n) is 16.7. The number of nitrogens with two attached hydrogens (primary N) is 2. The van der Waals surface area contributed by atoms with Gasteiger partial charge in [0.25, 0.3) is 0 Å². The molecule has 2 aromatic carbocycles. The molecule has 0 saturated heterocycles. The van der Waals surface area contributed by atoms with Crippen LogP contribution in [-0.4, -0.2) is 31.7 Å². The monoisotopic (exact) mass is 455 g/mol. The van der Waals surface area contributed by atoms with Crippen molar-refractivity contribution in [1.29, 1.82) is 0 Å². The van der Waals surface area contributed by atoms with Crippen LogP contribution in [0.25, 0.3) is 11.0 Å². The zero-order chi connectivity index (χ0) is 22.8. The molecule has 0 amide bonds. The largest absolute Gasteiger partial charge is 0.480 e. The number of aromatic nitrogens is 3. The third-order valence-corrected chi connectivity index (χ3v) is 5.22. The fourth-order valence-corrected chi connectivity index (χ4v) is 3.47. The second-order valence-corrected chi connectivity index (χ2v) is 7.61.